The summed E-state index contributed by atoms with van der Waals surface area (Å²) < 4.78 is 27.4. The van der Waals surface area contributed by atoms with Gasteiger partial charge in [0.1, 0.15) is 0 Å². The molecule has 0 spiro atoms. The van der Waals surface area contributed by atoms with E-state index >= 15 is 0 Å². The summed E-state index contributed by atoms with van der Waals surface area (Å²) in [6.07, 6.45) is 2.73. The van der Waals surface area contributed by atoms with Crippen LogP contribution in [0.3, 0.4) is 0 Å². The molecule has 0 heterocycles. The first kappa shape index (κ1) is 23.0. The molecule has 3 N–H and O–H groups in total. The fourth-order valence-electron chi connectivity index (χ4n) is 3.77. The van der Waals surface area contributed by atoms with Gasteiger partial charge < -0.3 is 10.6 Å². The van der Waals surface area contributed by atoms with Gasteiger partial charge in [-0.25, -0.2) is 13.1 Å². The maximum Gasteiger partial charge on any atom is 0.255 e. The molecular formula is C23H29N3O4S. The van der Waals surface area contributed by atoms with Crippen LogP contribution in [-0.2, 0) is 14.8 Å². The number of benzene rings is 2. The molecule has 2 unspecified atom stereocenters. The molecule has 0 saturated heterocycles. The van der Waals surface area contributed by atoms with Gasteiger partial charge in [0.05, 0.1) is 5.25 Å². The molecule has 0 aromatic heterocycles. The average Bonchev–Trinajstić information content (AvgIpc) is 3.16. The van der Waals surface area contributed by atoms with Crippen LogP contribution in [0.1, 0.15) is 61.9 Å². The number of anilines is 2. The van der Waals surface area contributed by atoms with Crippen molar-refractivity contribution in [1.82, 2.24) is 4.72 Å². The molecule has 1 aliphatic rings. The molecule has 1 saturated carbocycles. The van der Waals surface area contributed by atoms with Crippen LogP contribution in [0.5, 0.6) is 0 Å². The van der Waals surface area contributed by atoms with Gasteiger partial charge in [-0.15, -0.1) is 0 Å². The standard InChI is InChI=1S/C23H29N3O4S/c1-15(2)31(29,30)26-22-6-4-5-21(22)17-7-11-20(12-8-17)25-23(28)18-9-13-19(14-10-18)24-16(3)27/h7-15,21-22,26H,4-6H2,1-3H3,(H,24,27)(H,25,28). The van der Waals surface area contributed by atoms with Crippen LogP contribution in [0.25, 0.3) is 0 Å². The molecule has 8 heteroatoms. The van der Waals surface area contributed by atoms with Crippen molar-refractivity contribution >= 4 is 33.2 Å². The number of amides is 2. The zero-order valence-corrected chi connectivity index (χ0v) is 18.8. The molecule has 2 amide bonds. The summed E-state index contributed by atoms with van der Waals surface area (Å²) in [6.45, 7) is 4.78. The van der Waals surface area contributed by atoms with Crippen molar-refractivity contribution < 1.29 is 18.0 Å². The van der Waals surface area contributed by atoms with Crippen molar-refractivity contribution in [2.45, 2.75) is 57.2 Å². The van der Waals surface area contributed by atoms with E-state index in [1.165, 1.54) is 6.92 Å². The third-order valence-corrected chi connectivity index (χ3v) is 7.39. The van der Waals surface area contributed by atoms with E-state index in [0.29, 0.717) is 16.9 Å². The van der Waals surface area contributed by atoms with Gasteiger partial charge in [-0.3, -0.25) is 9.59 Å². The summed E-state index contributed by atoms with van der Waals surface area (Å²) in [6, 6.07) is 14.1. The quantitative estimate of drug-likeness (QED) is 0.604. The second-order valence-electron chi connectivity index (χ2n) is 8.19. The largest absolute Gasteiger partial charge is 0.326 e. The van der Waals surface area contributed by atoms with Gasteiger partial charge >= 0.3 is 0 Å². The van der Waals surface area contributed by atoms with Crippen molar-refractivity contribution in [3.8, 4) is 0 Å². The lowest BCUT2D eigenvalue weighted by molar-refractivity contribution is -0.114. The van der Waals surface area contributed by atoms with E-state index in [1.807, 2.05) is 24.3 Å². The monoisotopic (exact) mass is 443 g/mol. The Balaban J connectivity index is 1.64. The summed E-state index contributed by atoms with van der Waals surface area (Å²) in [5, 5.41) is 5.07. The molecule has 166 valence electrons. The highest BCUT2D eigenvalue weighted by molar-refractivity contribution is 7.90. The molecule has 0 radical (unpaired) electrons. The fraction of sp³-hybridized carbons (Fsp3) is 0.391. The Hall–Kier alpha value is -2.71. The zero-order valence-electron chi connectivity index (χ0n) is 18.0. The lowest BCUT2D eigenvalue weighted by atomic mass is 9.94. The Bertz CT molecular complexity index is 1030. The van der Waals surface area contributed by atoms with Crippen LogP contribution in [0.15, 0.2) is 48.5 Å². The van der Waals surface area contributed by atoms with Crippen molar-refractivity contribution in [3.63, 3.8) is 0 Å². The van der Waals surface area contributed by atoms with Gasteiger partial charge in [0.2, 0.25) is 15.9 Å². The molecule has 1 fully saturated rings. The summed E-state index contributed by atoms with van der Waals surface area (Å²) >= 11 is 0. The highest BCUT2D eigenvalue weighted by Gasteiger charge is 2.32. The molecule has 7 nitrogen and oxygen atoms in total. The Morgan fingerprint density at radius 3 is 2.06 bits per heavy atom. The molecule has 31 heavy (non-hydrogen) atoms. The number of nitrogens with one attached hydrogen (secondary N) is 3. The number of sulfonamides is 1. The van der Waals surface area contributed by atoms with Gasteiger partial charge in [0.15, 0.2) is 0 Å². The molecule has 1 aliphatic carbocycles. The summed E-state index contributed by atoms with van der Waals surface area (Å²) in [4.78, 5) is 23.6. The molecule has 2 aromatic rings. The van der Waals surface area contributed by atoms with Crippen LogP contribution < -0.4 is 15.4 Å². The van der Waals surface area contributed by atoms with Gasteiger partial charge in [0, 0.05) is 35.8 Å². The highest BCUT2D eigenvalue weighted by atomic mass is 32.2. The Kier molecular flexibility index (Phi) is 7.12. The van der Waals surface area contributed by atoms with Crippen molar-refractivity contribution in [2.75, 3.05) is 10.6 Å². The third kappa shape index (κ3) is 5.92. The normalized spacial score (nSPS) is 18.7. The van der Waals surface area contributed by atoms with Gasteiger partial charge in [-0.2, -0.15) is 0 Å². The molecule has 2 aromatic carbocycles. The van der Waals surface area contributed by atoms with Crippen LogP contribution in [0.2, 0.25) is 0 Å². The first-order valence-electron chi connectivity index (χ1n) is 10.5. The molecule has 0 aliphatic heterocycles. The first-order chi connectivity index (χ1) is 14.7. The maximum absolute atomic E-state index is 12.5. The number of hydrogen-bond donors (Lipinski definition) is 3. The summed E-state index contributed by atoms with van der Waals surface area (Å²) in [5.74, 6) is -0.288. The minimum absolute atomic E-state index is 0.102. The molecule has 2 atom stereocenters. The molecule has 0 bridgehead atoms. The van der Waals surface area contributed by atoms with Gasteiger partial charge in [-0.1, -0.05) is 18.6 Å². The van der Waals surface area contributed by atoms with Gasteiger partial charge in [0.25, 0.3) is 5.91 Å². The number of carbonyl (C=O) groups is 2. The fourth-order valence-corrected chi connectivity index (χ4v) is 4.75. The Labute approximate surface area is 183 Å². The van der Waals surface area contributed by atoms with E-state index in [2.05, 4.69) is 15.4 Å². The van der Waals surface area contributed by atoms with Crippen LogP contribution >= 0.6 is 0 Å². The van der Waals surface area contributed by atoms with Crippen LogP contribution in [0.4, 0.5) is 11.4 Å². The second kappa shape index (κ2) is 9.62. The Morgan fingerprint density at radius 1 is 0.903 bits per heavy atom. The SMILES string of the molecule is CC(=O)Nc1ccc(C(=O)Nc2ccc(C3CCCC3NS(=O)(=O)C(C)C)cc2)cc1. The lowest BCUT2D eigenvalue weighted by Crippen LogP contribution is -2.40. The van der Waals surface area contributed by atoms with Crippen LogP contribution in [0, 0.1) is 0 Å². The first-order valence-corrected chi connectivity index (χ1v) is 12.0. The summed E-state index contributed by atoms with van der Waals surface area (Å²) in [7, 11) is -3.32. The maximum atomic E-state index is 12.5. The van der Waals surface area contributed by atoms with E-state index in [1.54, 1.807) is 38.1 Å². The van der Waals surface area contributed by atoms with Crippen molar-refractivity contribution in [2.24, 2.45) is 0 Å². The van der Waals surface area contributed by atoms with E-state index in [9.17, 15) is 18.0 Å². The number of rotatable bonds is 7. The molecular weight excluding hydrogens is 414 g/mol. The number of carbonyl (C=O) groups excluding carboxylic acids is 2. The number of hydrogen-bond acceptors (Lipinski definition) is 4. The summed E-state index contributed by atoms with van der Waals surface area (Å²) in [5.41, 5.74) is 2.84. The van der Waals surface area contributed by atoms with E-state index in [-0.39, 0.29) is 23.8 Å². The van der Waals surface area contributed by atoms with Crippen LogP contribution in [-0.4, -0.2) is 31.5 Å². The van der Waals surface area contributed by atoms with Crippen molar-refractivity contribution in [1.29, 1.82) is 0 Å². The van der Waals surface area contributed by atoms with Crippen molar-refractivity contribution in [3.05, 3.63) is 59.7 Å². The Morgan fingerprint density at radius 2 is 1.48 bits per heavy atom. The predicted molar refractivity (Wildman–Crippen MR) is 123 cm³/mol. The van der Waals surface area contributed by atoms with E-state index in [4.69, 9.17) is 0 Å². The van der Waals surface area contributed by atoms with Gasteiger partial charge in [-0.05, 0) is 68.7 Å². The van der Waals surface area contributed by atoms with E-state index < -0.39 is 15.3 Å². The average molecular weight is 444 g/mol. The smallest absolute Gasteiger partial charge is 0.255 e. The molecule has 3 rings (SSSR count). The lowest BCUT2D eigenvalue weighted by Gasteiger charge is -2.23. The zero-order chi connectivity index (χ0) is 22.6. The minimum atomic E-state index is -3.32. The predicted octanol–water partition coefficient (Wildman–Crippen LogP) is 3.86. The third-order valence-electron chi connectivity index (χ3n) is 5.52. The van der Waals surface area contributed by atoms with E-state index in [0.717, 1.165) is 24.8 Å². The topological polar surface area (TPSA) is 104 Å². The highest BCUT2D eigenvalue weighted by Crippen LogP contribution is 2.35. The second-order valence-corrected chi connectivity index (χ2v) is 10.5. The minimum Gasteiger partial charge on any atom is -0.326 e.